The minimum absolute atomic E-state index is 0.0135. The second-order valence-corrected chi connectivity index (χ2v) is 5.89. The first-order valence-electron chi connectivity index (χ1n) is 7.27. The summed E-state index contributed by atoms with van der Waals surface area (Å²) in [4.78, 5) is 12.3. The van der Waals surface area contributed by atoms with E-state index < -0.39 is 4.92 Å². The van der Waals surface area contributed by atoms with Crippen LogP contribution >= 0.6 is 11.6 Å². The normalized spacial score (nSPS) is 11.8. The first-order valence-corrected chi connectivity index (χ1v) is 7.65. The van der Waals surface area contributed by atoms with Crippen molar-refractivity contribution in [3.8, 4) is 6.07 Å². The third-order valence-electron chi connectivity index (χ3n) is 3.71. The number of nitro groups is 1. The number of non-ortho nitro benzene ring substituents is 1. The van der Waals surface area contributed by atoms with E-state index in [1.54, 1.807) is 6.07 Å². The van der Waals surface area contributed by atoms with E-state index in [1.807, 2.05) is 49.3 Å². The van der Waals surface area contributed by atoms with Gasteiger partial charge in [-0.15, -0.1) is 0 Å². The molecule has 0 radical (unpaired) electrons. The number of anilines is 1. The van der Waals surface area contributed by atoms with Crippen LogP contribution in [0.3, 0.4) is 0 Å². The van der Waals surface area contributed by atoms with Crippen LogP contribution in [0.5, 0.6) is 0 Å². The molecule has 2 aromatic rings. The Labute approximate surface area is 145 Å². The van der Waals surface area contributed by atoms with Gasteiger partial charge in [-0.05, 0) is 31.8 Å². The fourth-order valence-corrected chi connectivity index (χ4v) is 2.68. The van der Waals surface area contributed by atoms with E-state index in [0.717, 1.165) is 5.56 Å². The number of nitrogens with one attached hydrogen (secondary N) is 1. The highest BCUT2D eigenvalue weighted by Crippen LogP contribution is 2.27. The molecule has 1 atom stereocenters. The lowest BCUT2D eigenvalue weighted by molar-refractivity contribution is -0.384. The number of hydrogen-bond donors (Lipinski definition) is 1. The van der Waals surface area contributed by atoms with Crippen molar-refractivity contribution in [1.82, 2.24) is 4.90 Å². The highest BCUT2D eigenvalue weighted by atomic mass is 35.5. The Balaban J connectivity index is 2.23. The summed E-state index contributed by atoms with van der Waals surface area (Å²) in [7, 11) is 3.88. The van der Waals surface area contributed by atoms with Gasteiger partial charge in [0.15, 0.2) is 0 Å². The standard InChI is InChI=1S/C17H17ClN4O2/c1-21(2)17(14-5-3-4-6-15(14)18)11-20-16-8-7-13(22(23)24)9-12(16)10-19/h3-9,17,20H,11H2,1-2H3/t17-/m1/s1. The van der Waals surface area contributed by atoms with Gasteiger partial charge in [-0.3, -0.25) is 10.1 Å². The molecule has 0 aliphatic carbocycles. The average molecular weight is 345 g/mol. The van der Waals surface area contributed by atoms with Gasteiger partial charge in [-0.1, -0.05) is 29.8 Å². The molecular formula is C17H17ClN4O2. The summed E-state index contributed by atoms with van der Waals surface area (Å²) >= 11 is 6.28. The third kappa shape index (κ3) is 4.02. The maximum atomic E-state index is 10.8. The average Bonchev–Trinajstić information content (AvgIpc) is 2.56. The van der Waals surface area contributed by atoms with Crippen LogP contribution in [0.25, 0.3) is 0 Å². The summed E-state index contributed by atoms with van der Waals surface area (Å²) in [6.07, 6.45) is 0. The Morgan fingerprint density at radius 2 is 2.04 bits per heavy atom. The molecule has 2 rings (SSSR count). The minimum Gasteiger partial charge on any atom is -0.382 e. The molecule has 0 aromatic heterocycles. The van der Waals surface area contributed by atoms with E-state index in [2.05, 4.69) is 5.32 Å². The number of benzene rings is 2. The van der Waals surface area contributed by atoms with Crippen LogP contribution in [0, 0.1) is 21.4 Å². The van der Waals surface area contributed by atoms with Crippen molar-refractivity contribution >= 4 is 23.0 Å². The lowest BCUT2D eigenvalue weighted by Gasteiger charge is -2.26. The molecule has 0 bridgehead atoms. The van der Waals surface area contributed by atoms with E-state index in [4.69, 9.17) is 11.6 Å². The highest BCUT2D eigenvalue weighted by molar-refractivity contribution is 6.31. The van der Waals surface area contributed by atoms with Gasteiger partial charge in [0, 0.05) is 23.7 Å². The summed E-state index contributed by atoms with van der Waals surface area (Å²) in [5.74, 6) is 0. The van der Waals surface area contributed by atoms with Crippen LogP contribution in [-0.4, -0.2) is 30.5 Å². The largest absolute Gasteiger partial charge is 0.382 e. The fraction of sp³-hybridized carbons (Fsp3) is 0.235. The number of hydrogen-bond acceptors (Lipinski definition) is 5. The summed E-state index contributed by atoms with van der Waals surface area (Å²) in [5, 5.41) is 23.9. The van der Waals surface area contributed by atoms with Crippen molar-refractivity contribution in [3.05, 3.63) is 68.7 Å². The molecule has 0 saturated carbocycles. The number of halogens is 1. The molecule has 2 aromatic carbocycles. The molecule has 0 saturated heterocycles. The Kier molecular flexibility index (Phi) is 5.74. The van der Waals surface area contributed by atoms with Crippen molar-refractivity contribution < 1.29 is 4.92 Å². The van der Waals surface area contributed by atoms with Gasteiger partial charge in [-0.2, -0.15) is 5.26 Å². The van der Waals surface area contributed by atoms with Gasteiger partial charge in [-0.25, -0.2) is 0 Å². The lowest BCUT2D eigenvalue weighted by atomic mass is 10.1. The van der Waals surface area contributed by atoms with Gasteiger partial charge in [0.05, 0.1) is 22.2 Å². The van der Waals surface area contributed by atoms with E-state index in [-0.39, 0.29) is 17.3 Å². The highest BCUT2D eigenvalue weighted by Gasteiger charge is 2.18. The molecule has 0 amide bonds. The Morgan fingerprint density at radius 3 is 2.62 bits per heavy atom. The fourth-order valence-electron chi connectivity index (χ4n) is 2.42. The molecule has 124 valence electrons. The number of nitro benzene ring substituents is 1. The smallest absolute Gasteiger partial charge is 0.270 e. The molecule has 0 heterocycles. The first-order chi connectivity index (χ1) is 11.4. The number of nitriles is 1. The Hall–Kier alpha value is -2.62. The molecule has 0 aliphatic rings. The molecule has 0 fully saturated rings. The first kappa shape index (κ1) is 17.7. The molecule has 1 N–H and O–H groups in total. The molecular weight excluding hydrogens is 328 g/mol. The van der Waals surface area contributed by atoms with E-state index >= 15 is 0 Å². The van der Waals surface area contributed by atoms with E-state index in [0.29, 0.717) is 17.3 Å². The van der Waals surface area contributed by atoms with E-state index in [9.17, 15) is 15.4 Å². The monoisotopic (exact) mass is 344 g/mol. The predicted molar refractivity (Wildman–Crippen MR) is 94.2 cm³/mol. The second-order valence-electron chi connectivity index (χ2n) is 5.48. The topological polar surface area (TPSA) is 82.2 Å². The molecule has 0 aliphatic heterocycles. The van der Waals surface area contributed by atoms with Gasteiger partial charge in [0.1, 0.15) is 6.07 Å². The maximum absolute atomic E-state index is 10.8. The summed E-state index contributed by atoms with van der Waals surface area (Å²) in [6, 6.07) is 13.8. The van der Waals surface area contributed by atoms with Crippen LogP contribution < -0.4 is 5.32 Å². The van der Waals surface area contributed by atoms with Gasteiger partial charge in [0.2, 0.25) is 0 Å². The van der Waals surface area contributed by atoms with Gasteiger partial charge < -0.3 is 10.2 Å². The SMILES string of the molecule is CN(C)[C@H](CNc1ccc([N+](=O)[O-])cc1C#N)c1ccccc1Cl. The zero-order valence-corrected chi connectivity index (χ0v) is 14.1. The minimum atomic E-state index is -0.517. The van der Waals surface area contributed by atoms with Crippen LogP contribution in [0.4, 0.5) is 11.4 Å². The van der Waals surface area contributed by atoms with Crippen LogP contribution in [0.1, 0.15) is 17.2 Å². The lowest BCUT2D eigenvalue weighted by Crippen LogP contribution is -2.27. The Morgan fingerprint density at radius 1 is 1.33 bits per heavy atom. The third-order valence-corrected chi connectivity index (χ3v) is 4.05. The number of rotatable bonds is 6. The summed E-state index contributed by atoms with van der Waals surface area (Å²) in [6.45, 7) is 0.503. The number of likely N-dealkylation sites (N-methyl/N-ethyl adjacent to an activating group) is 1. The molecule has 0 unspecified atom stereocenters. The van der Waals surface area contributed by atoms with Crippen molar-refractivity contribution in [2.75, 3.05) is 26.0 Å². The molecule has 6 nitrogen and oxygen atoms in total. The zero-order valence-electron chi connectivity index (χ0n) is 13.4. The van der Waals surface area contributed by atoms with Crippen molar-refractivity contribution in [1.29, 1.82) is 5.26 Å². The number of nitrogens with zero attached hydrogens (tertiary/aromatic N) is 3. The molecule has 0 spiro atoms. The van der Waals surface area contributed by atoms with Crippen LogP contribution in [0.15, 0.2) is 42.5 Å². The quantitative estimate of drug-likeness (QED) is 0.636. The predicted octanol–water partition coefficient (Wildman–Crippen LogP) is 3.83. The molecule has 7 heteroatoms. The van der Waals surface area contributed by atoms with Gasteiger partial charge >= 0.3 is 0 Å². The summed E-state index contributed by atoms with van der Waals surface area (Å²) in [5.41, 5.74) is 1.66. The van der Waals surface area contributed by atoms with Crippen LogP contribution in [0.2, 0.25) is 5.02 Å². The van der Waals surface area contributed by atoms with Crippen molar-refractivity contribution in [3.63, 3.8) is 0 Å². The summed E-state index contributed by atoms with van der Waals surface area (Å²) < 4.78 is 0. The zero-order chi connectivity index (χ0) is 17.7. The van der Waals surface area contributed by atoms with Crippen molar-refractivity contribution in [2.45, 2.75) is 6.04 Å². The Bertz CT molecular complexity index is 786. The van der Waals surface area contributed by atoms with Crippen LogP contribution in [-0.2, 0) is 0 Å². The maximum Gasteiger partial charge on any atom is 0.270 e. The van der Waals surface area contributed by atoms with Crippen molar-refractivity contribution in [2.24, 2.45) is 0 Å². The van der Waals surface area contributed by atoms with E-state index in [1.165, 1.54) is 12.1 Å². The molecule has 24 heavy (non-hydrogen) atoms. The second kappa shape index (κ2) is 7.77. The van der Waals surface area contributed by atoms with Gasteiger partial charge in [0.25, 0.3) is 5.69 Å².